The number of rotatable bonds is 3. The zero-order valence-corrected chi connectivity index (χ0v) is 13.5. The molecule has 0 aliphatic rings. The molecule has 21 heavy (non-hydrogen) atoms. The van der Waals surface area contributed by atoms with Crippen LogP contribution in [0.1, 0.15) is 23.1 Å². The minimum absolute atomic E-state index is 0.239. The summed E-state index contributed by atoms with van der Waals surface area (Å²) in [7, 11) is 0. The average molecular weight is 365 g/mol. The largest absolute Gasteiger partial charge is 0.285 e. The van der Waals surface area contributed by atoms with E-state index in [-0.39, 0.29) is 5.78 Å². The molecule has 0 saturated heterocycles. The lowest BCUT2D eigenvalue weighted by Gasteiger charge is -2.07. The predicted molar refractivity (Wildman–Crippen MR) is 85.8 cm³/mol. The summed E-state index contributed by atoms with van der Waals surface area (Å²) < 4.78 is 2.22. The van der Waals surface area contributed by atoms with Crippen molar-refractivity contribution in [1.29, 1.82) is 0 Å². The fourth-order valence-corrected chi connectivity index (χ4v) is 2.93. The van der Waals surface area contributed by atoms with Gasteiger partial charge >= 0.3 is 0 Å². The van der Waals surface area contributed by atoms with Gasteiger partial charge in [-0.1, -0.05) is 29.8 Å². The molecular weight excluding hydrogens is 354 g/mol. The molecule has 0 spiro atoms. The summed E-state index contributed by atoms with van der Waals surface area (Å²) >= 11 is 9.51. The van der Waals surface area contributed by atoms with Gasteiger partial charge in [-0.3, -0.25) is 9.48 Å². The Morgan fingerprint density at radius 1 is 1.38 bits per heavy atom. The Labute approximate surface area is 134 Å². The molecule has 0 aliphatic carbocycles. The van der Waals surface area contributed by atoms with Crippen LogP contribution in [0.25, 0.3) is 10.9 Å². The molecule has 0 N–H and O–H groups in total. The molecule has 6 heteroatoms. The summed E-state index contributed by atoms with van der Waals surface area (Å²) in [4.78, 5) is 17.2. The molecule has 0 radical (unpaired) electrons. The number of carbonyl (C=O) groups excluding carboxylic acids is 1. The zero-order chi connectivity index (χ0) is 15.0. The second-order valence-corrected chi connectivity index (χ2v) is 5.76. The summed E-state index contributed by atoms with van der Waals surface area (Å²) in [5, 5.41) is 5.40. The number of carbonyl (C=O) groups is 1. The van der Waals surface area contributed by atoms with E-state index in [1.165, 1.54) is 6.20 Å². The smallest absolute Gasteiger partial charge is 0.232 e. The van der Waals surface area contributed by atoms with Crippen LogP contribution in [-0.4, -0.2) is 20.5 Å². The Bertz CT molecular complexity index is 844. The number of aryl methyl sites for hydroxylation is 1. The molecule has 0 bridgehead atoms. The highest BCUT2D eigenvalue weighted by Gasteiger charge is 2.22. The van der Waals surface area contributed by atoms with Crippen LogP contribution in [0.5, 0.6) is 0 Å². The van der Waals surface area contributed by atoms with Crippen LogP contribution in [0.15, 0.2) is 41.0 Å². The van der Waals surface area contributed by atoms with Crippen molar-refractivity contribution in [2.75, 3.05) is 0 Å². The van der Waals surface area contributed by atoms with Crippen molar-refractivity contribution in [1.82, 2.24) is 14.8 Å². The standard InChI is InChI=1S/C15H11BrClN3O/c1-2-20-14(11(17)8-18-20)15(21)13-10(16)7-9-5-3-4-6-12(9)19-13/h3-8H,2H2,1H3. The van der Waals surface area contributed by atoms with E-state index in [9.17, 15) is 4.79 Å². The normalized spacial score (nSPS) is 11.0. The van der Waals surface area contributed by atoms with Crippen LogP contribution in [0.3, 0.4) is 0 Å². The van der Waals surface area contributed by atoms with E-state index in [0.29, 0.717) is 27.4 Å². The topological polar surface area (TPSA) is 47.8 Å². The van der Waals surface area contributed by atoms with Crippen LogP contribution in [-0.2, 0) is 6.54 Å². The highest BCUT2D eigenvalue weighted by molar-refractivity contribution is 9.10. The van der Waals surface area contributed by atoms with E-state index >= 15 is 0 Å². The summed E-state index contributed by atoms with van der Waals surface area (Å²) in [5.74, 6) is -0.239. The Hall–Kier alpha value is -1.72. The van der Waals surface area contributed by atoms with Crippen molar-refractivity contribution in [2.45, 2.75) is 13.5 Å². The molecule has 106 valence electrons. The third-order valence-electron chi connectivity index (χ3n) is 3.20. The van der Waals surface area contributed by atoms with Crippen molar-refractivity contribution >= 4 is 44.2 Å². The number of ketones is 1. The number of hydrogen-bond acceptors (Lipinski definition) is 3. The van der Waals surface area contributed by atoms with Gasteiger partial charge in [-0.25, -0.2) is 4.98 Å². The highest BCUT2D eigenvalue weighted by Crippen LogP contribution is 2.26. The molecular formula is C15H11BrClN3O. The summed E-state index contributed by atoms with van der Waals surface area (Å²) in [5.41, 5.74) is 1.47. The SMILES string of the molecule is CCn1ncc(Cl)c1C(=O)c1nc2ccccc2cc1Br. The lowest BCUT2D eigenvalue weighted by atomic mass is 10.1. The van der Waals surface area contributed by atoms with Gasteiger partial charge in [0.05, 0.1) is 16.7 Å². The molecule has 0 aliphatic heterocycles. The summed E-state index contributed by atoms with van der Waals surface area (Å²) in [6.07, 6.45) is 1.48. The Morgan fingerprint density at radius 2 is 2.14 bits per heavy atom. The van der Waals surface area contributed by atoms with Gasteiger partial charge in [0.25, 0.3) is 0 Å². The molecule has 3 aromatic rings. The Kier molecular flexibility index (Phi) is 3.78. The number of aromatic nitrogens is 3. The minimum atomic E-state index is -0.239. The third kappa shape index (κ3) is 2.47. The van der Waals surface area contributed by atoms with Gasteiger partial charge in [0.2, 0.25) is 5.78 Å². The van der Waals surface area contributed by atoms with Crippen molar-refractivity contribution in [3.8, 4) is 0 Å². The minimum Gasteiger partial charge on any atom is -0.285 e. The monoisotopic (exact) mass is 363 g/mol. The van der Waals surface area contributed by atoms with Crippen LogP contribution >= 0.6 is 27.5 Å². The fraction of sp³-hybridized carbons (Fsp3) is 0.133. The van der Waals surface area contributed by atoms with E-state index in [2.05, 4.69) is 26.0 Å². The van der Waals surface area contributed by atoms with Gasteiger partial charge in [-0.05, 0) is 35.0 Å². The third-order valence-corrected chi connectivity index (χ3v) is 4.08. The molecule has 2 heterocycles. The second kappa shape index (κ2) is 5.58. The molecule has 0 unspecified atom stereocenters. The number of hydrogen-bond donors (Lipinski definition) is 0. The number of benzene rings is 1. The van der Waals surface area contributed by atoms with Crippen LogP contribution in [0.2, 0.25) is 5.02 Å². The first-order valence-corrected chi connectivity index (χ1v) is 7.60. The molecule has 0 fully saturated rings. The number of nitrogens with zero attached hydrogens (tertiary/aromatic N) is 3. The second-order valence-electron chi connectivity index (χ2n) is 4.50. The lowest BCUT2D eigenvalue weighted by Crippen LogP contribution is -2.13. The Morgan fingerprint density at radius 3 is 2.90 bits per heavy atom. The van der Waals surface area contributed by atoms with Gasteiger partial charge in [0, 0.05) is 16.4 Å². The molecule has 3 rings (SSSR count). The van der Waals surface area contributed by atoms with Crippen molar-refractivity contribution < 1.29 is 4.79 Å². The van der Waals surface area contributed by atoms with Crippen LogP contribution < -0.4 is 0 Å². The Balaban J connectivity index is 2.17. The van der Waals surface area contributed by atoms with Crippen molar-refractivity contribution in [3.63, 3.8) is 0 Å². The van der Waals surface area contributed by atoms with Gasteiger partial charge in [-0.15, -0.1) is 0 Å². The van der Waals surface area contributed by atoms with E-state index in [1.54, 1.807) is 4.68 Å². The van der Waals surface area contributed by atoms with E-state index < -0.39 is 0 Å². The maximum Gasteiger partial charge on any atom is 0.232 e. The zero-order valence-electron chi connectivity index (χ0n) is 11.2. The summed E-state index contributed by atoms with van der Waals surface area (Å²) in [6.45, 7) is 2.47. The van der Waals surface area contributed by atoms with Crippen molar-refractivity contribution in [2.24, 2.45) is 0 Å². The first-order chi connectivity index (χ1) is 10.1. The van der Waals surface area contributed by atoms with Crippen LogP contribution in [0, 0.1) is 0 Å². The van der Waals surface area contributed by atoms with Gasteiger partial charge < -0.3 is 0 Å². The average Bonchev–Trinajstić information content (AvgIpc) is 2.86. The number of halogens is 2. The quantitative estimate of drug-likeness (QED) is 0.657. The molecule has 0 amide bonds. The van der Waals surface area contributed by atoms with Gasteiger partial charge in [-0.2, -0.15) is 5.10 Å². The van der Waals surface area contributed by atoms with Crippen molar-refractivity contribution in [3.05, 3.63) is 57.4 Å². The van der Waals surface area contributed by atoms with Crippen LogP contribution in [0.4, 0.5) is 0 Å². The molecule has 1 aromatic carbocycles. The van der Waals surface area contributed by atoms with E-state index in [0.717, 1.165) is 10.9 Å². The predicted octanol–water partition coefficient (Wildman–Crippen LogP) is 4.10. The first kappa shape index (κ1) is 14.2. The number of pyridine rings is 1. The number of fused-ring (bicyclic) bond motifs is 1. The lowest BCUT2D eigenvalue weighted by molar-refractivity contribution is 0.102. The number of para-hydroxylation sites is 1. The molecule has 0 atom stereocenters. The maximum absolute atomic E-state index is 12.7. The highest BCUT2D eigenvalue weighted by atomic mass is 79.9. The maximum atomic E-state index is 12.7. The van der Waals surface area contributed by atoms with Gasteiger partial charge in [0.1, 0.15) is 11.4 Å². The molecule has 2 aromatic heterocycles. The molecule has 4 nitrogen and oxygen atoms in total. The van der Waals surface area contributed by atoms with E-state index in [4.69, 9.17) is 11.6 Å². The van der Waals surface area contributed by atoms with E-state index in [1.807, 2.05) is 37.3 Å². The fourth-order valence-electron chi connectivity index (χ4n) is 2.19. The summed E-state index contributed by atoms with van der Waals surface area (Å²) in [6, 6.07) is 9.53. The first-order valence-electron chi connectivity index (χ1n) is 6.43. The van der Waals surface area contributed by atoms with Gasteiger partial charge in [0.15, 0.2) is 0 Å². The molecule has 0 saturated carbocycles.